The van der Waals surface area contributed by atoms with Crippen molar-refractivity contribution < 1.29 is 24.8 Å². The predicted molar refractivity (Wildman–Crippen MR) is 108 cm³/mol. The molecule has 3 N–H and O–H groups in total. The molecule has 2 fully saturated rings. The van der Waals surface area contributed by atoms with Crippen molar-refractivity contribution >= 4 is 11.6 Å². The van der Waals surface area contributed by atoms with Gasteiger partial charge in [-0.15, -0.1) is 0 Å². The Hall–Kier alpha value is -1.47. The van der Waals surface area contributed by atoms with E-state index in [1.165, 1.54) is 5.56 Å². The smallest absolute Gasteiger partial charge is 0.156 e. The van der Waals surface area contributed by atoms with Crippen LogP contribution in [0, 0.1) is 0 Å². The minimum absolute atomic E-state index is 0.387. The van der Waals surface area contributed by atoms with Crippen LogP contribution in [0.4, 0.5) is 0 Å². The summed E-state index contributed by atoms with van der Waals surface area (Å²) < 4.78 is 11.5. The van der Waals surface area contributed by atoms with E-state index in [-0.39, 0.29) is 5.56 Å². The highest BCUT2D eigenvalue weighted by molar-refractivity contribution is 6.20. The molecule has 2 aliphatic heterocycles. The first-order valence-electron chi connectivity index (χ1n) is 10.2. The fourth-order valence-electron chi connectivity index (χ4n) is 4.49. The number of aliphatic hydroxyl groups excluding tert-OH is 3. The molecule has 5 rings (SSSR count). The maximum absolute atomic E-state index is 10.4. The molecule has 0 bridgehead atoms. The van der Waals surface area contributed by atoms with Crippen LogP contribution < -0.4 is 0 Å². The zero-order valence-electron chi connectivity index (χ0n) is 16.0. The monoisotopic (exact) mass is 416 g/mol. The molecule has 2 heterocycles. The van der Waals surface area contributed by atoms with Crippen molar-refractivity contribution in [1.29, 1.82) is 0 Å². The Labute approximate surface area is 174 Å². The Morgan fingerprint density at radius 1 is 0.966 bits per heavy atom. The van der Waals surface area contributed by atoms with Crippen LogP contribution in [0.5, 0.6) is 0 Å². The number of aliphatic hydroxyl groups is 3. The van der Waals surface area contributed by atoms with Gasteiger partial charge in [0.2, 0.25) is 0 Å². The lowest BCUT2D eigenvalue weighted by Gasteiger charge is -2.41. The number of fused-ring (bicyclic) bond motifs is 1. The van der Waals surface area contributed by atoms with Crippen LogP contribution >= 0.6 is 11.6 Å². The molecule has 2 aromatic rings. The van der Waals surface area contributed by atoms with Crippen LogP contribution in [-0.2, 0) is 22.3 Å². The van der Waals surface area contributed by atoms with E-state index in [1.54, 1.807) is 0 Å². The molecule has 1 saturated carbocycles. The Kier molecular flexibility index (Phi) is 4.93. The zero-order valence-corrected chi connectivity index (χ0v) is 16.8. The van der Waals surface area contributed by atoms with Gasteiger partial charge < -0.3 is 24.8 Å². The fraction of sp³-hybridized carbons (Fsp3) is 0.478. The van der Waals surface area contributed by atoms with E-state index in [0.717, 1.165) is 35.1 Å². The number of halogens is 1. The Morgan fingerprint density at radius 3 is 2.41 bits per heavy atom. The van der Waals surface area contributed by atoms with Crippen molar-refractivity contribution in [2.45, 2.75) is 61.3 Å². The summed E-state index contributed by atoms with van der Waals surface area (Å²) in [6.45, 7) is 0.657. The molecule has 154 valence electrons. The second-order valence-electron chi connectivity index (χ2n) is 8.42. The van der Waals surface area contributed by atoms with E-state index >= 15 is 0 Å². The molecule has 1 saturated heterocycles. The number of alkyl halides is 1. The van der Waals surface area contributed by atoms with E-state index in [4.69, 9.17) is 21.1 Å². The largest absolute Gasteiger partial charge is 0.387 e. The quantitative estimate of drug-likeness (QED) is 0.670. The van der Waals surface area contributed by atoms with Crippen LogP contribution in [0.3, 0.4) is 0 Å². The summed E-state index contributed by atoms with van der Waals surface area (Å²) in [4.78, 5) is 0. The number of rotatable bonds is 3. The molecule has 5 nitrogen and oxygen atoms in total. The SMILES string of the molecule is O[C@@H]1[C@@H](O)[C@H](O)C2(CC2)O[C@H]1c1ccc(Cc2ccc3c(c2)C(Cl)OCC3)cc1. The number of hydrogen-bond donors (Lipinski definition) is 3. The lowest BCUT2D eigenvalue weighted by Crippen LogP contribution is -2.55. The minimum Gasteiger partial charge on any atom is -0.387 e. The van der Waals surface area contributed by atoms with Gasteiger partial charge in [-0.05, 0) is 53.5 Å². The highest BCUT2D eigenvalue weighted by Crippen LogP contribution is 2.51. The van der Waals surface area contributed by atoms with E-state index in [0.29, 0.717) is 19.4 Å². The second-order valence-corrected chi connectivity index (χ2v) is 8.81. The Bertz CT molecular complexity index is 895. The van der Waals surface area contributed by atoms with Gasteiger partial charge in [-0.1, -0.05) is 54.1 Å². The highest BCUT2D eigenvalue weighted by atomic mass is 35.5. The van der Waals surface area contributed by atoms with E-state index in [9.17, 15) is 15.3 Å². The second kappa shape index (κ2) is 7.34. The van der Waals surface area contributed by atoms with Crippen LogP contribution in [0.2, 0.25) is 0 Å². The zero-order chi connectivity index (χ0) is 20.2. The molecule has 2 aromatic carbocycles. The molecule has 0 aromatic heterocycles. The number of benzene rings is 2. The molecular formula is C23H25ClO5. The van der Waals surface area contributed by atoms with Gasteiger partial charge in [0.1, 0.15) is 24.4 Å². The van der Waals surface area contributed by atoms with Crippen molar-refractivity contribution in [2.24, 2.45) is 0 Å². The standard InChI is InChI=1S/C23H25ClO5/c24-22-17-12-14(3-4-15(17)7-10-28-22)11-13-1-5-16(6-2-13)20-18(25)19(26)21(27)23(29-20)8-9-23/h1-6,12,18-22,25-27H,7-11H2/t18-,19-,20+,21+,22?/m1/s1. The lowest BCUT2D eigenvalue weighted by atomic mass is 9.89. The first kappa shape index (κ1) is 19.5. The summed E-state index contributed by atoms with van der Waals surface area (Å²) >= 11 is 6.29. The molecule has 3 aliphatic rings. The van der Waals surface area contributed by atoms with Gasteiger partial charge in [0.05, 0.1) is 12.2 Å². The first-order valence-corrected chi connectivity index (χ1v) is 10.6. The lowest BCUT2D eigenvalue weighted by molar-refractivity contribution is -0.236. The Morgan fingerprint density at radius 2 is 1.69 bits per heavy atom. The molecule has 0 radical (unpaired) electrons. The molecule has 5 atom stereocenters. The minimum atomic E-state index is -1.20. The first-order chi connectivity index (χ1) is 14.0. The number of ether oxygens (including phenoxy) is 2. The van der Waals surface area contributed by atoms with Crippen molar-refractivity contribution in [2.75, 3.05) is 6.61 Å². The third kappa shape index (κ3) is 3.50. The van der Waals surface area contributed by atoms with E-state index < -0.39 is 30.0 Å². The van der Waals surface area contributed by atoms with Crippen molar-refractivity contribution in [3.05, 3.63) is 70.3 Å². The highest BCUT2D eigenvalue weighted by Gasteiger charge is 2.60. The summed E-state index contributed by atoms with van der Waals surface area (Å²) in [6.07, 6.45) is -0.961. The molecular weight excluding hydrogens is 392 g/mol. The van der Waals surface area contributed by atoms with Crippen molar-refractivity contribution in [1.82, 2.24) is 0 Å². The fourth-order valence-corrected chi connectivity index (χ4v) is 4.78. The summed E-state index contributed by atoms with van der Waals surface area (Å²) in [5, 5.41) is 30.8. The topological polar surface area (TPSA) is 79.2 Å². The summed E-state index contributed by atoms with van der Waals surface area (Å²) in [6, 6.07) is 14.2. The van der Waals surface area contributed by atoms with Gasteiger partial charge in [-0.3, -0.25) is 0 Å². The van der Waals surface area contributed by atoms with Gasteiger partial charge in [-0.25, -0.2) is 0 Å². The van der Waals surface area contributed by atoms with Crippen molar-refractivity contribution in [3.8, 4) is 0 Å². The van der Waals surface area contributed by atoms with E-state index in [1.807, 2.05) is 24.3 Å². The van der Waals surface area contributed by atoms with E-state index in [2.05, 4.69) is 18.2 Å². The average molecular weight is 417 g/mol. The molecule has 1 aliphatic carbocycles. The van der Waals surface area contributed by atoms with Crippen LogP contribution in [0.25, 0.3) is 0 Å². The van der Waals surface area contributed by atoms with Crippen molar-refractivity contribution in [3.63, 3.8) is 0 Å². The average Bonchev–Trinajstić information content (AvgIpc) is 3.51. The maximum Gasteiger partial charge on any atom is 0.156 e. The summed E-state index contributed by atoms with van der Waals surface area (Å²) in [5.74, 6) is 0. The van der Waals surface area contributed by atoms with Gasteiger partial charge in [0.15, 0.2) is 5.56 Å². The normalized spacial score (nSPS) is 32.8. The van der Waals surface area contributed by atoms with Crippen LogP contribution in [0.1, 0.15) is 52.3 Å². The van der Waals surface area contributed by atoms with Gasteiger partial charge in [-0.2, -0.15) is 0 Å². The molecule has 1 unspecified atom stereocenters. The number of hydrogen-bond acceptors (Lipinski definition) is 5. The van der Waals surface area contributed by atoms with Gasteiger partial charge in [0.25, 0.3) is 0 Å². The molecule has 29 heavy (non-hydrogen) atoms. The molecule has 1 spiro atoms. The molecule has 0 amide bonds. The van der Waals surface area contributed by atoms with Gasteiger partial charge in [0, 0.05) is 0 Å². The summed E-state index contributed by atoms with van der Waals surface area (Å²) in [7, 11) is 0. The summed E-state index contributed by atoms with van der Waals surface area (Å²) in [5.41, 5.74) is 4.30. The van der Waals surface area contributed by atoms with Crippen LogP contribution in [0.15, 0.2) is 42.5 Å². The maximum atomic E-state index is 10.4. The van der Waals surface area contributed by atoms with Gasteiger partial charge >= 0.3 is 0 Å². The Balaban J connectivity index is 1.33. The third-order valence-corrected chi connectivity index (χ3v) is 6.80. The van der Waals surface area contributed by atoms with Crippen LogP contribution in [-0.4, -0.2) is 45.8 Å². The third-order valence-electron chi connectivity index (χ3n) is 6.43. The molecule has 6 heteroatoms. The predicted octanol–water partition coefficient (Wildman–Crippen LogP) is 2.77.